The third-order valence-electron chi connectivity index (χ3n) is 2.04. The second-order valence-electron chi connectivity index (χ2n) is 3.23. The van der Waals surface area contributed by atoms with E-state index < -0.39 is 0 Å². The van der Waals surface area contributed by atoms with E-state index in [4.69, 9.17) is 11.6 Å². The highest BCUT2D eigenvalue weighted by atomic mass is 35.5. The first kappa shape index (κ1) is 9.22. The van der Waals surface area contributed by atoms with E-state index in [-0.39, 0.29) is 0 Å². The lowest BCUT2D eigenvalue weighted by atomic mass is 10.1. The first-order chi connectivity index (χ1) is 6.75. The van der Waals surface area contributed by atoms with Crippen molar-refractivity contribution in [3.8, 4) is 11.3 Å². The number of halogens is 1. The van der Waals surface area contributed by atoms with E-state index in [9.17, 15) is 0 Å². The van der Waals surface area contributed by atoms with Gasteiger partial charge in [-0.2, -0.15) is 0 Å². The van der Waals surface area contributed by atoms with Gasteiger partial charge in [-0.1, -0.05) is 35.4 Å². The summed E-state index contributed by atoms with van der Waals surface area (Å²) in [6, 6.07) is 11.9. The molecule has 70 valence electrons. The topological polar surface area (TPSA) is 12.9 Å². The molecular weight excluding hydrogens is 194 g/mol. The summed E-state index contributed by atoms with van der Waals surface area (Å²) in [6.45, 7) is 2.06. The number of rotatable bonds is 1. The van der Waals surface area contributed by atoms with Crippen LogP contribution >= 0.6 is 11.6 Å². The van der Waals surface area contributed by atoms with Crippen LogP contribution in [0.15, 0.2) is 42.6 Å². The number of nitrogens with zero attached hydrogens (tertiary/aromatic N) is 1. The van der Waals surface area contributed by atoms with Gasteiger partial charge in [0.05, 0.1) is 5.69 Å². The van der Waals surface area contributed by atoms with Crippen molar-refractivity contribution in [1.82, 2.24) is 4.98 Å². The maximum absolute atomic E-state index is 5.89. The highest BCUT2D eigenvalue weighted by molar-refractivity contribution is 6.30. The third-order valence-corrected chi connectivity index (χ3v) is 2.27. The SMILES string of the molecule is Cc1cccc(-c2cc(Cl)ccn2)c1. The van der Waals surface area contributed by atoms with E-state index in [2.05, 4.69) is 24.0 Å². The lowest BCUT2D eigenvalue weighted by Crippen LogP contribution is -1.83. The van der Waals surface area contributed by atoms with Crippen LogP contribution < -0.4 is 0 Å². The Bertz CT molecular complexity index is 408. The lowest BCUT2D eigenvalue weighted by Gasteiger charge is -2.01. The Morgan fingerprint density at radius 2 is 2.00 bits per heavy atom. The Morgan fingerprint density at radius 1 is 1.14 bits per heavy atom. The Morgan fingerprint density at radius 3 is 2.71 bits per heavy atom. The van der Waals surface area contributed by atoms with Crippen LogP contribution in [-0.2, 0) is 0 Å². The van der Waals surface area contributed by atoms with Gasteiger partial charge in [0.15, 0.2) is 0 Å². The summed E-state index contributed by atoms with van der Waals surface area (Å²) in [5.41, 5.74) is 3.25. The van der Waals surface area contributed by atoms with E-state index >= 15 is 0 Å². The molecule has 1 aromatic carbocycles. The van der Waals surface area contributed by atoms with Gasteiger partial charge >= 0.3 is 0 Å². The fourth-order valence-corrected chi connectivity index (χ4v) is 1.53. The molecule has 0 aliphatic carbocycles. The van der Waals surface area contributed by atoms with Crippen LogP contribution in [0.5, 0.6) is 0 Å². The number of benzene rings is 1. The van der Waals surface area contributed by atoms with Crippen molar-refractivity contribution in [3.63, 3.8) is 0 Å². The Hall–Kier alpha value is -1.34. The molecule has 0 atom stereocenters. The minimum atomic E-state index is 0.719. The highest BCUT2D eigenvalue weighted by Gasteiger charge is 1.99. The summed E-state index contributed by atoms with van der Waals surface area (Å²) in [5.74, 6) is 0. The standard InChI is InChI=1S/C12H10ClN/c1-9-3-2-4-10(7-9)12-8-11(13)5-6-14-12/h2-8H,1H3. The summed E-state index contributed by atoms with van der Waals surface area (Å²) in [4.78, 5) is 4.27. The summed E-state index contributed by atoms with van der Waals surface area (Å²) >= 11 is 5.89. The summed E-state index contributed by atoms with van der Waals surface area (Å²) in [7, 11) is 0. The molecule has 0 bridgehead atoms. The molecule has 0 aliphatic rings. The molecule has 0 aliphatic heterocycles. The van der Waals surface area contributed by atoms with Crippen molar-refractivity contribution in [1.29, 1.82) is 0 Å². The van der Waals surface area contributed by atoms with E-state index in [1.807, 2.05) is 18.2 Å². The zero-order valence-electron chi connectivity index (χ0n) is 7.87. The zero-order chi connectivity index (χ0) is 9.97. The number of pyridine rings is 1. The van der Waals surface area contributed by atoms with Gasteiger partial charge in [0, 0.05) is 16.8 Å². The Balaban J connectivity index is 2.49. The quantitative estimate of drug-likeness (QED) is 0.689. The van der Waals surface area contributed by atoms with E-state index in [1.165, 1.54) is 5.56 Å². The molecule has 0 amide bonds. The fourth-order valence-electron chi connectivity index (χ4n) is 1.37. The first-order valence-electron chi connectivity index (χ1n) is 4.44. The van der Waals surface area contributed by atoms with E-state index in [0.29, 0.717) is 0 Å². The number of aryl methyl sites for hydroxylation is 1. The van der Waals surface area contributed by atoms with Crippen LogP contribution in [0.3, 0.4) is 0 Å². The first-order valence-corrected chi connectivity index (χ1v) is 4.82. The molecule has 0 N–H and O–H groups in total. The molecule has 0 radical (unpaired) electrons. The minimum Gasteiger partial charge on any atom is -0.256 e. The molecular formula is C12H10ClN. The highest BCUT2D eigenvalue weighted by Crippen LogP contribution is 2.20. The molecule has 0 unspecified atom stereocenters. The molecule has 0 saturated heterocycles. The van der Waals surface area contributed by atoms with Crippen LogP contribution in [0.1, 0.15) is 5.56 Å². The van der Waals surface area contributed by atoms with Crippen LogP contribution in [0, 0.1) is 6.92 Å². The van der Waals surface area contributed by atoms with Crippen molar-refractivity contribution >= 4 is 11.6 Å². The predicted octanol–water partition coefficient (Wildman–Crippen LogP) is 3.71. The monoisotopic (exact) mass is 203 g/mol. The molecule has 0 fully saturated rings. The summed E-state index contributed by atoms with van der Waals surface area (Å²) in [5, 5.41) is 0.719. The van der Waals surface area contributed by atoms with Crippen LogP contribution in [0.25, 0.3) is 11.3 Å². The maximum atomic E-state index is 5.89. The minimum absolute atomic E-state index is 0.719. The number of hydrogen-bond donors (Lipinski definition) is 0. The molecule has 2 heteroatoms. The van der Waals surface area contributed by atoms with Gasteiger partial charge in [-0.15, -0.1) is 0 Å². The molecule has 2 aromatic rings. The van der Waals surface area contributed by atoms with Gasteiger partial charge in [-0.05, 0) is 25.1 Å². The molecule has 0 spiro atoms. The van der Waals surface area contributed by atoms with Crippen molar-refractivity contribution < 1.29 is 0 Å². The lowest BCUT2D eigenvalue weighted by molar-refractivity contribution is 1.32. The Kier molecular flexibility index (Phi) is 2.51. The second-order valence-corrected chi connectivity index (χ2v) is 3.67. The van der Waals surface area contributed by atoms with Crippen LogP contribution in [-0.4, -0.2) is 4.98 Å². The molecule has 1 aromatic heterocycles. The van der Waals surface area contributed by atoms with Gasteiger partial charge < -0.3 is 0 Å². The van der Waals surface area contributed by atoms with E-state index in [1.54, 1.807) is 12.3 Å². The molecule has 1 heterocycles. The third kappa shape index (κ3) is 1.94. The summed E-state index contributed by atoms with van der Waals surface area (Å²) in [6.07, 6.45) is 1.72. The average Bonchev–Trinajstić information content (AvgIpc) is 2.18. The number of aromatic nitrogens is 1. The van der Waals surface area contributed by atoms with Crippen molar-refractivity contribution in [3.05, 3.63) is 53.2 Å². The maximum Gasteiger partial charge on any atom is 0.0716 e. The van der Waals surface area contributed by atoms with Crippen LogP contribution in [0.4, 0.5) is 0 Å². The number of hydrogen-bond acceptors (Lipinski definition) is 1. The molecule has 1 nitrogen and oxygen atoms in total. The van der Waals surface area contributed by atoms with Crippen molar-refractivity contribution in [2.45, 2.75) is 6.92 Å². The smallest absolute Gasteiger partial charge is 0.0716 e. The normalized spacial score (nSPS) is 10.1. The van der Waals surface area contributed by atoms with Crippen LogP contribution in [0.2, 0.25) is 5.02 Å². The van der Waals surface area contributed by atoms with Gasteiger partial charge in [0.1, 0.15) is 0 Å². The predicted molar refractivity (Wildman–Crippen MR) is 59.4 cm³/mol. The van der Waals surface area contributed by atoms with E-state index in [0.717, 1.165) is 16.3 Å². The Labute approximate surface area is 88.4 Å². The van der Waals surface area contributed by atoms with Crippen molar-refractivity contribution in [2.75, 3.05) is 0 Å². The molecule has 0 saturated carbocycles. The fraction of sp³-hybridized carbons (Fsp3) is 0.0833. The van der Waals surface area contributed by atoms with Gasteiger partial charge in [-0.25, -0.2) is 0 Å². The van der Waals surface area contributed by atoms with Gasteiger partial charge in [0.25, 0.3) is 0 Å². The largest absolute Gasteiger partial charge is 0.256 e. The average molecular weight is 204 g/mol. The van der Waals surface area contributed by atoms with Gasteiger partial charge in [0.2, 0.25) is 0 Å². The molecule has 14 heavy (non-hydrogen) atoms. The summed E-state index contributed by atoms with van der Waals surface area (Å²) < 4.78 is 0. The van der Waals surface area contributed by atoms with Gasteiger partial charge in [-0.3, -0.25) is 4.98 Å². The van der Waals surface area contributed by atoms with Crippen molar-refractivity contribution in [2.24, 2.45) is 0 Å². The zero-order valence-corrected chi connectivity index (χ0v) is 8.62. The molecule has 2 rings (SSSR count). The second kappa shape index (κ2) is 3.81.